The van der Waals surface area contributed by atoms with Gasteiger partial charge in [-0.05, 0) is 25.1 Å². The minimum atomic E-state index is -0.102. The van der Waals surface area contributed by atoms with E-state index in [1.54, 1.807) is 0 Å². The molecular formula is C13H19N3O2. The summed E-state index contributed by atoms with van der Waals surface area (Å²) in [6.07, 6.45) is 0.873. The summed E-state index contributed by atoms with van der Waals surface area (Å²) >= 11 is 0. The Labute approximate surface area is 107 Å². The lowest BCUT2D eigenvalue weighted by molar-refractivity contribution is -0.144. The van der Waals surface area contributed by atoms with Crippen LogP contribution < -0.4 is 5.32 Å². The van der Waals surface area contributed by atoms with Gasteiger partial charge in [0.25, 0.3) is 0 Å². The van der Waals surface area contributed by atoms with E-state index < -0.39 is 0 Å². The van der Waals surface area contributed by atoms with Crippen molar-refractivity contribution in [1.29, 1.82) is 0 Å². The first kappa shape index (κ1) is 12.8. The molecule has 1 aliphatic rings. The fourth-order valence-corrected chi connectivity index (χ4v) is 2.27. The maximum atomic E-state index is 11.4. The predicted molar refractivity (Wildman–Crippen MR) is 69.2 cm³/mol. The summed E-state index contributed by atoms with van der Waals surface area (Å²) in [4.78, 5) is 18.2. The van der Waals surface area contributed by atoms with E-state index in [1.807, 2.05) is 25.2 Å². The third kappa shape index (κ3) is 2.98. The minimum absolute atomic E-state index is 0.0162. The predicted octanol–water partition coefficient (Wildman–Crippen LogP) is 1.12. The fraction of sp³-hybridized carbons (Fsp3) is 0.538. The first-order valence-electron chi connectivity index (χ1n) is 6.17. The maximum absolute atomic E-state index is 11.4. The molecular weight excluding hydrogens is 230 g/mol. The standard InChI is InChI=1S/C13H19N3O2/c1-14-12-5-3-4-11(15-12)9-16-7-6-10(8-16)13(17)18-2/h3-5,10H,6-9H2,1-2H3,(H,14,15). The SMILES string of the molecule is CNc1cccc(CN2CCC(C(=O)OC)C2)n1. The Bertz CT molecular complexity index is 422. The van der Waals surface area contributed by atoms with E-state index in [4.69, 9.17) is 4.74 Å². The molecule has 2 heterocycles. The normalized spacial score (nSPS) is 19.8. The zero-order chi connectivity index (χ0) is 13.0. The van der Waals surface area contributed by atoms with Crippen molar-refractivity contribution in [2.24, 2.45) is 5.92 Å². The number of ether oxygens (including phenoxy) is 1. The third-order valence-corrected chi connectivity index (χ3v) is 3.26. The van der Waals surface area contributed by atoms with Gasteiger partial charge in [-0.1, -0.05) is 6.07 Å². The summed E-state index contributed by atoms with van der Waals surface area (Å²) in [5.41, 5.74) is 1.02. The molecule has 98 valence electrons. The van der Waals surface area contributed by atoms with E-state index >= 15 is 0 Å². The molecule has 1 N–H and O–H groups in total. The highest BCUT2D eigenvalue weighted by Crippen LogP contribution is 2.19. The monoisotopic (exact) mass is 249 g/mol. The van der Waals surface area contributed by atoms with Gasteiger partial charge in [-0.15, -0.1) is 0 Å². The number of hydrogen-bond acceptors (Lipinski definition) is 5. The first-order chi connectivity index (χ1) is 8.72. The lowest BCUT2D eigenvalue weighted by Gasteiger charge is -2.15. The average Bonchev–Trinajstić information content (AvgIpc) is 2.86. The molecule has 0 aliphatic carbocycles. The van der Waals surface area contributed by atoms with Gasteiger partial charge in [0.05, 0.1) is 18.7 Å². The maximum Gasteiger partial charge on any atom is 0.310 e. The number of esters is 1. The Balaban J connectivity index is 1.92. The van der Waals surface area contributed by atoms with Crippen LogP contribution in [0.25, 0.3) is 0 Å². The minimum Gasteiger partial charge on any atom is -0.469 e. The summed E-state index contributed by atoms with van der Waals surface area (Å²) in [6.45, 7) is 2.46. The van der Waals surface area contributed by atoms with Gasteiger partial charge >= 0.3 is 5.97 Å². The number of carbonyl (C=O) groups excluding carboxylic acids is 1. The molecule has 18 heavy (non-hydrogen) atoms. The molecule has 0 spiro atoms. The number of methoxy groups -OCH3 is 1. The molecule has 5 nitrogen and oxygen atoms in total. The van der Waals surface area contributed by atoms with Crippen molar-refractivity contribution in [3.05, 3.63) is 23.9 Å². The van der Waals surface area contributed by atoms with Gasteiger partial charge in [-0.25, -0.2) is 4.98 Å². The lowest BCUT2D eigenvalue weighted by Crippen LogP contribution is -2.24. The summed E-state index contributed by atoms with van der Waals surface area (Å²) in [5, 5.41) is 3.02. The molecule has 0 saturated carbocycles. The van der Waals surface area contributed by atoms with Gasteiger partial charge in [0, 0.05) is 20.1 Å². The molecule has 1 atom stereocenters. The summed E-state index contributed by atoms with van der Waals surface area (Å²) < 4.78 is 4.78. The molecule has 5 heteroatoms. The highest BCUT2D eigenvalue weighted by atomic mass is 16.5. The van der Waals surface area contributed by atoms with Crippen molar-refractivity contribution in [3.63, 3.8) is 0 Å². The van der Waals surface area contributed by atoms with E-state index in [2.05, 4.69) is 15.2 Å². The Hall–Kier alpha value is -1.62. The van der Waals surface area contributed by atoms with Crippen LogP contribution in [0.5, 0.6) is 0 Å². The Morgan fingerprint density at radius 3 is 3.17 bits per heavy atom. The number of anilines is 1. The topological polar surface area (TPSA) is 54.5 Å². The van der Waals surface area contributed by atoms with Gasteiger partial charge < -0.3 is 10.1 Å². The third-order valence-electron chi connectivity index (χ3n) is 3.26. The van der Waals surface area contributed by atoms with Crippen LogP contribution in [0.15, 0.2) is 18.2 Å². The zero-order valence-corrected chi connectivity index (χ0v) is 10.8. The van der Waals surface area contributed by atoms with Crippen LogP contribution in [0.2, 0.25) is 0 Å². The van der Waals surface area contributed by atoms with E-state index in [1.165, 1.54) is 7.11 Å². The first-order valence-corrected chi connectivity index (χ1v) is 6.17. The molecule has 1 aliphatic heterocycles. The Morgan fingerprint density at radius 1 is 1.61 bits per heavy atom. The summed E-state index contributed by atoms with van der Waals surface area (Å²) in [7, 11) is 3.30. The van der Waals surface area contributed by atoms with Crippen LogP contribution in [0.1, 0.15) is 12.1 Å². The number of rotatable bonds is 4. The van der Waals surface area contributed by atoms with E-state index in [9.17, 15) is 4.79 Å². The second kappa shape index (κ2) is 5.82. The smallest absolute Gasteiger partial charge is 0.310 e. The van der Waals surface area contributed by atoms with Crippen molar-refractivity contribution < 1.29 is 9.53 Å². The number of pyridine rings is 1. The van der Waals surface area contributed by atoms with Crippen LogP contribution in [-0.4, -0.2) is 43.1 Å². The molecule has 2 rings (SSSR count). The fourth-order valence-electron chi connectivity index (χ4n) is 2.27. The molecule has 0 aromatic carbocycles. The highest BCUT2D eigenvalue weighted by Gasteiger charge is 2.28. The number of carbonyl (C=O) groups is 1. The van der Waals surface area contributed by atoms with Gasteiger partial charge in [0.1, 0.15) is 5.82 Å². The molecule has 0 bridgehead atoms. The second-order valence-corrected chi connectivity index (χ2v) is 4.51. The van der Waals surface area contributed by atoms with E-state index in [-0.39, 0.29) is 11.9 Å². The summed E-state index contributed by atoms with van der Waals surface area (Å²) in [6, 6.07) is 5.93. The van der Waals surface area contributed by atoms with Crippen LogP contribution in [-0.2, 0) is 16.1 Å². The molecule has 1 saturated heterocycles. The van der Waals surface area contributed by atoms with Crippen molar-refractivity contribution >= 4 is 11.8 Å². The van der Waals surface area contributed by atoms with Crippen LogP contribution in [0.4, 0.5) is 5.82 Å². The van der Waals surface area contributed by atoms with Gasteiger partial charge in [-0.3, -0.25) is 9.69 Å². The molecule has 1 aromatic heterocycles. The van der Waals surface area contributed by atoms with Crippen molar-refractivity contribution in [2.75, 3.05) is 32.6 Å². The lowest BCUT2D eigenvalue weighted by atomic mass is 10.1. The molecule has 0 amide bonds. The molecule has 1 unspecified atom stereocenters. The van der Waals surface area contributed by atoms with Gasteiger partial charge in [0.2, 0.25) is 0 Å². The van der Waals surface area contributed by atoms with Crippen LogP contribution in [0.3, 0.4) is 0 Å². The van der Waals surface area contributed by atoms with Crippen LogP contribution >= 0.6 is 0 Å². The number of nitrogens with zero attached hydrogens (tertiary/aromatic N) is 2. The molecule has 1 fully saturated rings. The number of aromatic nitrogens is 1. The number of likely N-dealkylation sites (tertiary alicyclic amines) is 1. The van der Waals surface area contributed by atoms with Crippen molar-refractivity contribution in [2.45, 2.75) is 13.0 Å². The van der Waals surface area contributed by atoms with Crippen molar-refractivity contribution in [1.82, 2.24) is 9.88 Å². The van der Waals surface area contributed by atoms with Gasteiger partial charge in [0.15, 0.2) is 0 Å². The number of nitrogens with one attached hydrogen (secondary N) is 1. The summed E-state index contributed by atoms with van der Waals surface area (Å²) in [5.74, 6) is 0.785. The Morgan fingerprint density at radius 2 is 2.44 bits per heavy atom. The average molecular weight is 249 g/mol. The quantitative estimate of drug-likeness (QED) is 0.810. The van der Waals surface area contributed by atoms with E-state index in [0.29, 0.717) is 0 Å². The molecule has 1 aromatic rings. The number of hydrogen-bond donors (Lipinski definition) is 1. The largest absolute Gasteiger partial charge is 0.469 e. The van der Waals surface area contributed by atoms with E-state index in [0.717, 1.165) is 37.6 Å². The Kier molecular flexibility index (Phi) is 4.15. The second-order valence-electron chi connectivity index (χ2n) is 4.51. The highest BCUT2D eigenvalue weighted by molar-refractivity contribution is 5.72. The van der Waals surface area contributed by atoms with Crippen LogP contribution in [0, 0.1) is 5.92 Å². The van der Waals surface area contributed by atoms with Crippen molar-refractivity contribution in [3.8, 4) is 0 Å². The van der Waals surface area contributed by atoms with Gasteiger partial charge in [-0.2, -0.15) is 0 Å². The zero-order valence-electron chi connectivity index (χ0n) is 10.8. The molecule has 0 radical (unpaired) electrons.